The Morgan fingerprint density at radius 2 is 1.91 bits per heavy atom. The van der Waals surface area contributed by atoms with Crippen molar-refractivity contribution in [2.24, 2.45) is 11.1 Å². The number of rotatable bonds is 5. The van der Waals surface area contributed by atoms with Crippen LogP contribution in [0.2, 0.25) is 0 Å². The molecule has 0 amide bonds. The molecule has 22 heavy (non-hydrogen) atoms. The van der Waals surface area contributed by atoms with Crippen LogP contribution in [0.3, 0.4) is 0 Å². The second-order valence-electron chi connectivity index (χ2n) is 7.43. The first kappa shape index (κ1) is 17.4. The van der Waals surface area contributed by atoms with E-state index in [2.05, 4.69) is 62.4 Å². The molecular formula is C18H31N3O. The van der Waals surface area contributed by atoms with E-state index in [0.29, 0.717) is 0 Å². The molecule has 0 bridgehead atoms. The van der Waals surface area contributed by atoms with E-state index in [1.165, 1.54) is 11.1 Å². The Bertz CT molecular complexity index is 491. The molecule has 1 saturated carbocycles. The summed E-state index contributed by atoms with van der Waals surface area (Å²) in [5.74, 6) is 0. The van der Waals surface area contributed by atoms with Gasteiger partial charge in [0.15, 0.2) is 6.35 Å². The highest BCUT2D eigenvalue weighted by molar-refractivity contribution is 5.30. The average molecular weight is 305 g/mol. The second kappa shape index (κ2) is 6.67. The summed E-state index contributed by atoms with van der Waals surface area (Å²) in [6.07, 6.45) is 3.58. The fraction of sp³-hybridized carbons (Fsp3) is 0.667. The maximum atomic E-state index is 9.26. The Morgan fingerprint density at radius 1 is 1.27 bits per heavy atom. The van der Waals surface area contributed by atoms with E-state index in [-0.39, 0.29) is 11.0 Å². The molecule has 0 aliphatic heterocycles. The lowest BCUT2D eigenvalue weighted by Gasteiger charge is -2.49. The summed E-state index contributed by atoms with van der Waals surface area (Å²) in [6, 6.07) is 8.91. The molecule has 124 valence electrons. The van der Waals surface area contributed by atoms with Gasteiger partial charge >= 0.3 is 0 Å². The van der Waals surface area contributed by atoms with Crippen LogP contribution in [0, 0.1) is 12.3 Å². The predicted octanol–water partition coefficient (Wildman–Crippen LogP) is 2.16. The van der Waals surface area contributed by atoms with Gasteiger partial charge in [-0.3, -0.25) is 16.0 Å². The molecule has 4 heteroatoms. The minimum Gasteiger partial charge on any atom is -0.366 e. The van der Waals surface area contributed by atoms with Crippen LogP contribution in [0.5, 0.6) is 0 Å². The van der Waals surface area contributed by atoms with E-state index in [9.17, 15) is 5.11 Å². The Hall–Kier alpha value is -0.940. The van der Waals surface area contributed by atoms with Crippen molar-refractivity contribution < 1.29 is 5.11 Å². The van der Waals surface area contributed by atoms with Gasteiger partial charge in [-0.2, -0.15) is 0 Å². The zero-order valence-electron chi connectivity index (χ0n) is 14.4. The van der Waals surface area contributed by atoms with Gasteiger partial charge in [-0.15, -0.1) is 0 Å². The number of nitrogens with two attached hydrogens (primary N) is 1. The highest BCUT2D eigenvalue weighted by Gasteiger charge is 2.42. The van der Waals surface area contributed by atoms with Gasteiger partial charge in [0.2, 0.25) is 0 Å². The van der Waals surface area contributed by atoms with E-state index in [1.807, 2.05) is 0 Å². The lowest BCUT2D eigenvalue weighted by atomic mass is 9.65. The fourth-order valence-electron chi connectivity index (χ4n) is 3.72. The summed E-state index contributed by atoms with van der Waals surface area (Å²) >= 11 is 0. The first-order valence-corrected chi connectivity index (χ1v) is 8.19. The minimum atomic E-state index is -0.922. The lowest BCUT2D eigenvalue weighted by molar-refractivity contribution is 0.0328. The smallest absolute Gasteiger partial charge is 0.157 e. The van der Waals surface area contributed by atoms with Crippen LogP contribution in [0.25, 0.3) is 0 Å². The number of nitrogens with zero attached hydrogens (tertiary/aromatic N) is 1. The number of aliphatic hydroxyl groups excluding tert-OH is 1. The summed E-state index contributed by atoms with van der Waals surface area (Å²) in [4.78, 5) is 2.38. The number of benzene rings is 1. The summed E-state index contributed by atoms with van der Waals surface area (Å²) in [5.41, 5.74) is 8.47. The Labute approximate surface area is 134 Å². The molecule has 1 unspecified atom stereocenters. The topological polar surface area (TPSA) is 61.5 Å². The number of aryl methyl sites for hydroxylation is 1. The van der Waals surface area contributed by atoms with Crippen molar-refractivity contribution >= 4 is 0 Å². The van der Waals surface area contributed by atoms with Crippen molar-refractivity contribution in [3.8, 4) is 0 Å². The first-order chi connectivity index (χ1) is 10.3. The van der Waals surface area contributed by atoms with Gasteiger partial charge in [0, 0.05) is 12.1 Å². The molecule has 0 heterocycles. The molecular weight excluding hydrogens is 274 g/mol. The zero-order valence-corrected chi connectivity index (χ0v) is 14.4. The number of hydrogen-bond donors (Lipinski definition) is 3. The SMILES string of the molecule is Cc1cccc(C2(N(C)C)CCC(C)(CNC(N)O)CC2)c1. The van der Waals surface area contributed by atoms with Crippen LogP contribution in [0.4, 0.5) is 0 Å². The molecule has 4 nitrogen and oxygen atoms in total. The number of aliphatic hydroxyl groups is 1. The molecule has 1 aromatic carbocycles. The lowest BCUT2D eigenvalue weighted by Crippen LogP contribution is -2.50. The minimum absolute atomic E-state index is 0.118. The van der Waals surface area contributed by atoms with Crippen molar-refractivity contribution in [2.75, 3.05) is 20.6 Å². The molecule has 4 N–H and O–H groups in total. The third-order valence-electron chi connectivity index (χ3n) is 5.43. The van der Waals surface area contributed by atoms with Crippen LogP contribution in [-0.2, 0) is 5.54 Å². The average Bonchev–Trinajstić information content (AvgIpc) is 2.46. The van der Waals surface area contributed by atoms with Crippen molar-refractivity contribution in [2.45, 2.75) is 51.4 Å². The van der Waals surface area contributed by atoms with E-state index in [4.69, 9.17) is 5.73 Å². The highest BCUT2D eigenvalue weighted by atomic mass is 16.3. The molecule has 2 rings (SSSR count). The monoisotopic (exact) mass is 305 g/mol. The molecule has 0 saturated heterocycles. The zero-order chi connectivity index (χ0) is 16.4. The molecule has 1 fully saturated rings. The number of nitrogens with one attached hydrogen (secondary N) is 1. The largest absolute Gasteiger partial charge is 0.366 e. The Kier molecular flexibility index (Phi) is 5.28. The summed E-state index contributed by atoms with van der Waals surface area (Å²) in [5, 5.41) is 12.2. The summed E-state index contributed by atoms with van der Waals surface area (Å²) in [7, 11) is 4.37. The molecule has 1 atom stereocenters. The Morgan fingerprint density at radius 3 is 2.41 bits per heavy atom. The van der Waals surface area contributed by atoms with Crippen molar-refractivity contribution in [3.05, 3.63) is 35.4 Å². The van der Waals surface area contributed by atoms with Gasteiger partial charge in [-0.25, -0.2) is 0 Å². The van der Waals surface area contributed by atoms with Crippen molar-refractivity contribution in [3.63, 3.8) is 0 Å². The molecule has 0 spiro atoms. The maximum absolute atomic E-state index is 9.26. The third-order valence-corrected chi connectivity index (χ3v) is 5.43. The van der Waals surface area contributed by atoms with Gasteiger partial charge in [-0.1, -0.05) is 36.8 Å². The number of hydrogen-bond acceptors (Lipinski definition) is 4. The standard InChI is InChI=1S/C18H31N3O/c1-14-6-5-7-15(12-14)18(21(3)4)10-8-17(2,9-11-18)13-20-16(19)22/h5-7,12,16,20,22H,8-11,13,19H2,1-4H3. The first-order valence-electron chi connectivity index (χ1n) is 8.19. The summed E-state index contributed by atoms with van der Waals surface area (Å²) < 4.78 is 0. The summed E-state index contributed by atoms with van der Waals surface area (Å²) in [6.45, 7) is 5.21. The van der Waals surface area contributed by atoms with Gasteiger partial charge < -0.3 is 5.11 Å². The predicted molar refractivity (Wildman–Crippen MR) is 91.3 cm³/mol. The second-order valence-corrected chi connectivity index (χ2v) is 7.43. The third kappa shape index (κ3) is 3.69. The van der Waals surface area contributed by atoms with Crippen molar-refractivity contribution in [1.82, 2.24) is 10.2 Å². The molecule has 1 aliphatic rings. The normalized spacial score (nSPS) is 30.5. The fourth-order valence-corrected chi connectivity index (χ4v) is 3.72. The molecule has 0 radical (unpaired) electrons. The van der Waals surface area contributed by atoms with Crippen LogP contribution in [0.15, 0.2) is 24.3 Å². The van der Waals surface area contributed by atoms with E-state index in [1.54, 1.807) is 0 Å². The van der Waals surface area contributed by atoms with Crippen LogP contribution in [0.1, 0.15) is 43.7 Å². The highest BCUT2D eigenvalue weighted by Crippen LogP contribution is 2.47. The molecule has 1 aliphatic carbocycles. The van der Waals surface area contributed by atoms with E-state index in [0.717, 1.165) is 32.2 Å². The van der Waals surface area contributed by atoms with E-state index >= 15 is 0 Å². The van der Waals surface area contributed by atoms with Crippen LogP contribution in [-0.4, -0.2) is 37.0 Å². The molecule has 0 aromatic heterocycles. The van der Waals surface area contributed by atoms with Gasteiger partial charge in [-0.05, 0) is 57.7 Å². The Balaban J connectivity index is 2.16. The van der Waals surface area contributed by atoms with Gasteiger partial charge in [0.25, 0.3) is 0 Å². The quantitative estimate of drug-likeness (QED) is 0.730. The van der Waals surface area contributed by atoms with E-state index < -0.39 is 6.35 Å². The van der Waals surface area contributed by atoms with Crippen LogP contribution < -0.4 is 11.1 Å². The maximum Gasteiger partial charge on any atom is 0.157 e. The van der Waals surface area contributed by atoms with Gasteiger partial charge in [0.05, 0.1) is 0 Å². The molecule has 1 aromatic rings. The van der Waals surface area contributed by atoms with Gasteiger partial charge in [0.1, 0.15) is 0 Å². The van der Waals surface area contributed by atoms with Crippen molar-refractivity contribution in [1.29, 1.82) is 0 Å². The van der Waals surface area contributed by atoms with Crippen LogP contribution >= 0.6 is 0 Å².